The molecular weight excluding hydrogens is 223 g/mol. The lowest BCUT2D eigenvalue weighted by atomic mass is 10.3. The fourth-order valence-corrected chi connectivity index (χ4v) is 1.72. The Morgan fingerprint density at radius 3 is 2.27 bits per heavy atom. The Bertz CT molecular complexity index is 274. The molecule has 0 aromatic carbocycles. The average Bonchev–Trinajstić information content (AvgIpc) is 2.14. The molecule has 0 rings (SSSR count). The Hall–Kier alpha value is -0.710. The lowest BCUT2D eigenvalue weighted by Crippen LogP contribution is -2.09. The van der Waals surface area contributed by atoms with Crippen LogP contribution in [0.25, 0.3) is 0 Å². The molecule has 0 aromatic rings. The summed E-state index contributed by atoms with van der Waals surface area (Å²) in [6, 6.07) is 0. The van der Waals surface area contributed by atoms with Gasteiger partial charge in [-0.3, -0.25) is 14.2 Å². The summed E-state index contributed by atoms with van der Waals surface area (Å²) in [6.07, 6.45) is -0.545. The van der Waals surface area contributed by atoms with E-state index in [0.717, 1.165) is 0 Å². The van der Waals surface area contributed by atoms with Crippen molar-refractivity contribution in [2.75, 3.05) is 13.2 Å². The number of carbonyl (C=O) groups is 2. The van der Waals surface area contributed by atoms with Gasteiger partial charge in [-0.05, 0) is 13.8 Å². The van der Waals surface area contributed by atoms with Crippen molar-refractivity contribution in [1.82, 2.24) is 0 Å². The van der Waals surface area contributed by atoms with Gasteiger partial charge < -0.3 is 14.2 Å². The Morgan fingerprint density at radius 1 is 1.20 bits per heavy atom. The van der Waals surface area contributed by atoms with Crippen LogP contribution in [0.1, 0.15) is 26.7 Å². The molecule has 0 spiro atoms. The van der Waals surface area contributed by atoms with Crippen molar-refractivity contribution in [2.24, 2.45) is 0 Å². The van der Waals surface area contributed by atoms with Gasteiger partial charge in [0, 0.05) is 6.42 Å². The van der Waals surface area contributed by atoms with Crippen LogP contribution in [-0.4, -0.2) is 29.6 Å². The van der Waals surface area contributed by atoms with Gasteiger partial charge in [0.1, 0.15) is 0 Å². The summed E-state index contributed by atoms with van der Waals surface area (Å²) in [5.41, 5.74) is -0.961. The Morgan fingerprint density at radius 2 is 1.80 bits per heavy atom. The summed E-state index contributed by atoms with van der Waals surface area (Å²) < 4.78 is 20.1. The lowest BCUT2D eigenvalue weighted by molar-refractivity contribution is -0.143. The van der Waals surface area contributed by atoms with E-state index in [1.165, 1.54) is 6.92 Å². The van der Waals surface area contributed by atoms with Gasteiger partial charge in [0.25, 0.3) is 0 Å². The minimum atomic E-state index is -4.21. The second-order valence-electron chi connectivity index (χ2n) is 2.64. The van der Waals surface area contributed by atoms with E-state index < -0.39 is 19.1 Å². The molecule has 0 aliphatic carbocycles. The molecule has 88 valence electrons. The molecule has 7 heteroatoms. The number of carbonyl (C=O) groups excluding carboxylic acids is 2. The summed E-state index contributed by atoms with van der Waals surface area (Å²) in [4.78, 5) is 31.0. The fourth-order valence-electron chi connectivity index (χ4n) is 0.830. The second kappa shape index (κ2) is 6.71. The van der Waals surface area contributed by atoms with Gasteiger partial charge in [0.2, 0.25) is 5.52 Å². The monoisotopic (exact) mass is 238 g/mol. The molecule has 0 aliphatic heterocycles. The molecule has 0 saturated carbocycles. The summed E-state index contributed by atoms with van der Waals surface area (Å²) in [7, 11) is -4.21. The van der Waals surface area contributed by atoms with Crippen molar-refractivity contribution in [2.45, 2.75) is 26.7 Å². The molecule has 0 saturated heterocycles. The predicted molar refractivity (Wildman–Crippen MR) is 52.3 cm³/mol. The van der Waals surface area contributed by atoms with E-state index in [1.54, 1.807) is 6.92 Å². The van der Waals surface area contributed by atoms with Gasteiger partial charge in [-0.15, -0.1) is 0 Å². The fraction of sp³-hybridized carbons (Fsp3) is 0.750. The molecule has 1 unspecified atom stereocenters. The Balaban J connectivity index is 4.03. The summed E-state index contributed by atoms with van der Waals surface area (Å²) in [6.45, 7) is 3.33. The van der Waals surface area contributed by atoms with Crippen LogP contribution in [0.2, 0.25) is 0 Å². The van der Waals surface area contributed by atoms with E-state index in [0.29, 0.717) is 0 Å². The van der Waals surface area contributed by atoms with Crippen molar-refractivity contribution in [3.8, 4) is 0 Å². The van der Waals surface area contributed by atoms with Crippen LogP contribution < -0.4 is 0 Å². The third-order valence-corrected chi connectivity index (χ3v) is 2.93. The highest BCUT2D eigenvalue weighted by Gasteiger charge is 2.29. The molecule has 1 N–H and O–H groups in total. The number of hydrogen-bond donors (Lipinski definition) is 1. The van der Waals surface area contributed by atoms with Crippen molar-refractivity contribution in [1.29, 1.82) is 0 Å². The van der Waals surface area contributed by atoms with Crippen LogP contribution in [0.3, 0.4) is 0 Å². The maximum Gasteiger partial charge on any atom is 0.394 e. The number of esters is 1. The standard InChI is InChI=1S/C8H15O6P/c1-3-13-7(9)5-6-8(10)15(11,12)14-4-2/h3-6H2,1-2H3,(H,11,12). The number of ether oxygens (including phenoxy) is 1. The van der Waals surface area contributed by atoms with E-state index in [9.17, 15) is 14.2 Å². The molecule has 1 atom stereocenters. The zero-order chi connectivity index (χ0) is 11.9. The third kappa shape index (κ3) is 5.67. The van der Waals surface area contributed by atoms with Crippen LogP contribution in [0.4, 0.5) is 0 Å². The van der Waals surface area contributed by atoms with E-state index in [4.69, 9.17) is 4.89 Å². The van der Waals surface area contributed by atoms with Crippen molar-refractivity contribution < 1.29 is 28.3 Å². The maximum absolute atomic E-state index is 11.1. The summed E-state index contributed by atoms with van der Waals surface area (Å²) in [5, 5.41) is 0. The number of rotatable bonds is 7. The molecule has 0 bridgehead atoms. The first-order valence-corrected chi connectivity index (χ1v) is 6.18. The number of hydrogen-bond acceptors (Lipinski definition) is 5. The zero-order valence-electron chi connectivity index (χ0n) is 8.76. The second-order valence-corrected chi connectivity index (χ2v) is 4.43. The smallest absolute Gasteiger partial charge is 0.394 e. The van der Waals surface area contributed by atoms with Crippen molar-refractivity contribution in [3.05, 3.63) is 0 Å². The topological polar surface area (TPSA) is 89.9 Å². The van der Waals surface area contributed by atoms with E-state index in [-0.39, 0.29) is 26.1 Å². The van der Waals surface area contributed by atoms with Gasteiger partial charge in [0.05, 0.1) is 19.6 Å². The largest absolute Gasteiger partial charge is 0.466 e. The van der Waals surface area contributed by atoms with Gasteiger partial charge in [-0.1, -0.05) is 0 Å². The minimum Gasteiger partial charge on any atom is -0.466 e. The Kier molecular flexibility index (Phi) is 6.40. The highest BCUT2D eigenvalue weighted by atomic mass is 31.2. The van der Waals surface area contributed by atoms with Crippen LogP contribution in [0, 0.1) is 0 Å². The molecule has 6 nitrogen and oxygen atoms in total. The maximum atomic E-state index is 11.1. The molecular formula is C8H15O6P. The molecule has 0 aliphatic rings. The van der Waals surface area contributed by atoms with E-state index in [1.807, 2.05) is 0 Å². The third-order valence-electron chi connectivity index (χ3n) is 1.47. The molecule has 0 fully saturated rings. The minimum absolute atomic E-state index is 0.0288. The SMILES string of the molecule is CCOC(=O)CCC(=O)P(=O)(O)OCC. The molecule has 15 heavy (non-hydrogen) atoms. The lowest BCUT2D eigenvalue weighted by Gasteiger charge is -2.08. The van der Waals surface area contributed by atoms with Gasteiger partial charge >= 0.3 is 13.6 Å². The summed E-state index contributed by atoms with van der Waals surface area (Å²) in [5.74, 6) is -0.567. The van der Waals surface area contributed by atoms with Crippen molar-refractivity contribution >= 4 is 19.1 Å². The molecule has 0 heterocycles. The van der Waals surface area contributed by atoms with Crippen molar-refractivity contribution in [3.63, 3.8) is 0 Å². The predicted octanol–water partition coefficient (Wildman–Crippen LogP) is 1.08. The zero-order valence-corrected chi connectivity index (χ0v) is 9.66. The molecule has 0 aromatic heterocycles. The summed E-state index contributed by atoms with van der Waals surface area (Å²) >= 11 is 0. The first-order valence-electron chi connectivity index (χ1n) is 4.60. The highest BCUT2D eigenvalue weighted by molar-refractivity contribution is 7.70. The van der Waals surface area contributed by atoms with Crippen LogP contribution in [-0.2, 0) is 23.4 Å². The molecule has 0 radical (unpaired) electrons. The van der Waals surface area contributed by atoms with Crippen LogP contribution in [0.15, 0.2) is 0 Å². The normalized spacial score (nSPS) is 14.3. The Labute approximate surface area is 88.1 Å². The first-order chi connectivity index (χ1) is 6.94. The quantitative estimate of drug-likeness (QED) is 0.527. The first kappa shape index (κ1) is 14.3. The van der Waals surface area contributed by atoms with Crippen LogP contribution in [0.5, 0.6) is 0 Å². The van der Waals surface area contributed by atoms with Crippen LogP contribution >= 0.6 is 7.60 Å². The average molecular weight is 238 g/mol. The van der Waals surface area contributed by atoms with E-state index >= 15 is 0 Å². The molecule has 0 amide bonds. The van der Waals surface area contributed by atoms with Gasteiger partial charge in [-0.2, -0.15) is 0 Å². The van der Waals surface area contributed by atoms with Gasteiger partial charge in [-0.25, -0.2) is 0 Å². The van der Waals surface area contributed by atoms with E-state index in [2.05, 4.69) is 9.26 Å². The highest BCUT2D eigenvalue weighted by Crippen LogP contribution is 2.43. The van der Waals surface area contributed by atoms with Gasteiger partial charge in [0.15, 0.2) is 0 Å².